The highest BCUT2D eigenvalue weighted by Gasteiger charge is 2.32. The van der Waals surface area contributed by atoms with Crippen LogP contribution in [0.1, 0.15) is 11.7 Å². The van der Waals surface area contributed by atoms with Crippen LogP contribution in [-0.2, 0) is 0 Å². The molecule has 0 bridgehead atoms. The van der Waals surface area contributed by atoms with Crippen molar-refractivity contribution < 1.29 is 0 Å². The van der Waals surface area contributed by atoms with Gasteiger partial charge in [0.15, 0.2) is 5.65 Å². The molecule has 1 saturated heterocycles. The quantitative estimate of drug-likeness (QED) is 0.696. The third-order valence-corrected chi connectivity index (χ3v) is 3.56. The first kappa shape index (κ1) is 10.5. The number of nitrogens with zero attached hydrogens (tertiary/aromatic N) is 5. The zero-order valence-electron chi connectivity index (χ0n) is 10.3. The van der Waals surface area contributed by atoms with Gasteiger partial charge < -0.3 is 4.90 Å². The summed E-state index contributed by atoms with van der Waals surface area (Å²) in [6.45, 7) is 1.90. The number of hydrogen-bond donors (Lipinski definition) is 0. The SMILES string of the molecule is c1ccc(N2CC(c3nnc4ccccn34)C2)nc1. The second-order valence-corrected chi connectivity index (χ2v) is 4.78. The van der Waals surface area contributed by atoms with Crippen LogP contribution >= 0.6 is 0 Å². The van der Waals surface area contributed by atoms with Crippen molar-refractivity contribution in [1.29, 1.82) is 0 Å². The summed E-state index contributed by atoms with van der Waals surface area (Å²) >= 11 is 0. The Balaban J connectivity index is 1.57. The van der Waals surface area contributed by atoms with Crippen molar-refractivity contribution in [3.8, 4) is 0 Å². The molecule has 0 N–H and O–H groups in total. The summed E-state index contributed by atoms with van der Waals surface area (Å²) in [6, 6.07) is 12.0. The summed E-state index contributed by atoms with van der Waals surface area (Å²) < 4.78 is 2.07. The number of anilines is 1. The highest BCUT2D eigenvalue weighted by Crippen LogP contribution is 2.29. The van der Waals surface area contributed by atoms with Gasteiger partial charge in [0.2, 0.25) is 0 Å². The maximum Gasteiger partial charge on any atom is 0.160 e. The molecule has 19 heavy (non-hydrogen) atoms. The molecule has 0 aromatic carbocycles. The minimum Gasteiger partial charge on any atom is -0.355 e. The Morgan fingerprint density at radius 1 is 1.00 bits per heavy atom. The van der Waals surface area contributed by atoms with E-state index in [1.807, 2.05) is 48.8 Å². The molecule has 3 aromatic heterocycles. The molecule has 0 radical (unpaired) electrons. The lowest BCUT2D eigenvalue weighted by Crippen LogP contribution is -2.46. The normalized spacial score (nSPS) is 15.7. The van der Waals surface area contributed by atoms with Gasteiger partial charge in [-0.25, -0.2) is 4.98 Å². The average molecular weight is 251 g/mol. The Bertz CT molecular complexity index is 700. The van der Waals surface area contributed by atoms with Crippen LogP contribution in [0.5, 0.6) is 0 Å². The molecule has 0 saturated carbocycles. The van der Waals surface area contributed by atoms with E-state index in [0.29, 0.717) is 5.92 Å². The molecular weight excluding hydrogens is 238 g/mol. The molecule has 1 aliphatic heterocycles. The van der Waals surface area contributed by atoms with Crippen molar-refractivity contribution in [2.45, 2.75) is 5.92 Å². The Morgan fingerprint density at radius 3 is 2.74 bits per heavy atom. The fourth-order valence-electron chi connectivity index (χ4n) is 2.51. The second kappa shape index (κ2) is 4.05. The van der Waals surface area contributed by atoms with Crippen molar-refractivity contribution in [1.82, 2.24) is 19.6 Å². The fraction of sp³-hybridized carbons (Fsp3) is 0.214. The molecule has 94 valence electrons. The van der Waals surface area contributed by atoms with Gasteiger partial charge in [-0.1, -0.05) is 12.1 Å². The molecule has 0 unspecified atom stereocenters. The van der Waals surface area contributed by atoms with Crippen molar-refractivity contribution in [2.75, 3.05) is 18.0 Å². The Morgan fingerprint density at radius 2 is 1.89 bits per heavy atom. The molecule has 4 heterocycles. The lowest BCUT2D eigenvalue weighted by Gasteiger charge is -2.39. The molecule has 1 fully saturated rings. The topological polar surface area (TPSA) is 46.3 Å². The highest BCUT2D eigenvalue weighted by molar-refractivity contribution is 5.45. The minimum absolute atomic E-state index is 0.430. The first-order valence-electron chi connectivity index (χ1n) is 6.37. The molecule has 5 heteroatoms. The second-order valence-electron chi connectivity index (χ2n) is 4.78. The standard InChI is InChI=1S/C14H13N5/c1-3-7-15-12(5-1)18-9-11(10-18)14-17-16-13-6-2-4-8-19(13)14/h1-8,11H,9-10H2. The monoisotopic (exact) mass is 251 g/mol. The van der Waals surface area contributed by atoms with E-state index in [2.05, 4.69) is 24.5 Å². The van der Waals surface area contributed by atoms with Gasteiger partial charge in [0, 0.05) is 25.5 Å². The highest BCUT2D eigenvalue weighted by atomic mass is 15.3. The molecule has 5 nitrogen and oxygen atoms in total. The smallest absolute Gasteiger partial charge is 0.160 e. The van der Waals surface area contributed by atoms with E-state index < -0.39 is 0 Å². The van der Waals surface area contributed by atoms with Crippen LogP contribution in [0.25, 0.3) is 5.65 Å². The van der Waals surface area contributed by atoms with Crippen LogP contribution in [0.2, 0.25) is 0 Å². The number of rotatable bonds is 2. The van der Waals surface area contributed by atoms with Crippen LogP contribution in [0.15, 0.2) is 48.8 Å². The Kier molecular flexibility index (Phi) is 2.24. The van der Waals surface area contributed by atoms with Crippen molar-refractivity contribution >= 4 is 11.5 Å². The van der Waals surface area contributed by atoms with E-state index in [-0.39, 0.29) is 0 Å². The van der Waals surface area contributed by atoms with Crippen LogP contribution in [0.4, 0.5) is 5.82 Å². The van der Waals surface area contributed by atoms with Gasteiger partial charge in [0.05, 0.1) is 5.92 Å². The summed E-state index contributed by atoms with van der Waals surface area (Å²) in [5.41, 5.74) is 0.911. The van der Waals surface area contributed by atoms with Gasteiger partial charge in [-0.05, 0) is 24.3 Å². The molecule has 0 amide bonds. The van der Waals surface area contributed by atoms with Crippen molar-refractivity contribution in [2.24, 2.45) is 0 Å². The molecule has 4 rings (SSSR count). The molecule has 0 aliphatic carbocycles. The maximum absolute atomic E-state index is 4.36. The Labute approximate surface area is 110 Å². The predicted molar refractivity (Wildman–Crippen MR) is 72.2 cm³/mol. The minimum atomic E-state index is 0.430. The lowest BCUT2D eigenvalue weighted by atomic mass is 9.99. The van der Waals surface area contributed by atoms with Crippen molar-refractivity contribution in [3.63, 3.8) is 0 Å². The molecule has 0 atom stereocenters. The zero-order valence-corrected chi connectivity index (χ0v) is 10.3. The van der Waals surface area contributed by atoms with E-state index in [0.717, 1.165) is 30.4 Å². The van der Waals surface area contributed by atoms with E-state index >= 15 is 0 Å². The number of pyridine rings is 2. The summed E-state index contributed by atoms with van der Waals surface area (Å²) in [7, 11) is 0. The third kappa shape index (κ3) is 1.66. The molecule has 1 aliphatic rings. The van der Waals surface area contributed by atoms with Crippen LogP contribution in [-0.4, -0.2) is 32.7 Å². The summed E-state index contributed by atoms with van der Waals surface area (Å²) in [5.74, 6) is 2.51. The first-order valence-corrected chi connectivity index (χ1v) is 6.37. The van der Waals surface area contributed by atoms with E-state index in [9.17, 15) is 0 Å². The van der Waals surface area contributed by atoms with Crippen LogP contribution < -0.4 is 4.90 Å². The fourth-order valence-corrected chi connectivity index (χ4v) is 2.51. The summed E-state index contributed by atoms with van der Waals surface area (Å²) in [5, 5.41) is 8.51. The van der Waals surface area contributed by atoms with Gasteiger partial charge >= 0.3 is 0 Å². The van der Waals surface area contributed by atoms with E-state index in [1.54, 1.807) is 0 Å². The zero-order chi connectivity index (χ0) is 12.7. The number of aromatic nitrogens is 4. The number of hydrogen-bond acceptors (Lipinski definition) is 4. The molecular formula is C14H13N5. The predicted octanol–water partition coefficient (Wildman–Crippen LogP) is 1.73. The lowest BCUT2D eigenvalue weighted by molar-refractivity contribution is 0.493. The third-order valence-electron chi connectivity index (χ3n) is 3.56. The number of fused-ring (bicyclic) bond motifs is 1. The summed E-state index contributed by atoms with van der Waals surface area (Å²) in [6.07, 6.45) is 3.85. The van der Waals surface area contributed by atoms with Gasteiger partial charge in [-0.3, -0.25) is 4.40 Å². The van der Waals surface area contributed by atoms with E-state index in [4.69, 9.17) is 0 Å². The Hall–Kier alpha value is -2.43. The van der Waals surface area contributed by atoms with Crippen LogP contribution in [0, 0.1) is 0 Å². The van der Waals surface area contributed by atoms with Gasteiger partial charge in [0.25, 0.3) is 0 Å². The molecule has 3 aromatic rings. The molecule has 0 spiro atoms. The first-order chi connectivity index (χ1) is 9.42. The maximum atomic E-state index is 4.36. The van der Waals surface area contributed by atoms with Crippen molar-refractivity contribution in [3.05, 3.63) is 54.6 Å². The largest absolute Gasteiger partial charge is 0.355 e. The van der Waals surface area contributed by atoms with Gasteiger partial charge in [-0.2, -0.15) is 0 Å². The summed E-state index contributed by atoms with van der Waals surface area (Å²) in [4.78, 5) is 6.62. The van der Waals surface area contributed by atoms with Crippen LogP contribution in [0.3, 0.4) is 0 Å². The van der Waals surface area contributed by atoms with Gasteiger partial charge in [0.1, 0.15) is 11.6 Å². The average Bonchev–Trinajstić information content (AvgIpc) is 2.83. The van der Waals surface area contributed by atoms with Gasteiger partial charge in [-0.15, -0.1) is 10.2 Å². The van der Waals surface area contributed by atoms with E-state index in [1.165, 1.54) is 0 Å².